The van der Waals surface area contributed by atoms with Crippen molar-refractivity contribution in [1.29, 1.82) is 0 Å². The van der Waals surface area contributed by atoms with E-state index >= 15 is 0 Å². The number of hydrogen-bond acceptors (Lipinski definition) is 6. The quantitative estimate of drug-likeness (QED) is 0.528. The van der Waals surface area contributed by atoms with E-state index < -0.39 is 12.6 Å². The largest absolute Gasteiger partial charge is 0.494 e. The number of rotatable bonds is 4. The second-order valence-corrected chi connectivity index (χ2v) is 7.77. The van der Waals surface area contributed by atoms with E-state index in [1.807, 2.05) is 18.2 Å². The average molecular weight is 428 g/mol. The summed E-state index contributed by atoms with van der Waals surface area (Å²) in [5.74, 6) is 1.88. The lowest BCUT2D eigenvalue weighted by Gasteiger charge is -2.33. The van der Waals surface area contributed by atoms with Crippen LogP contribution in [-0.4, -0.2) is 37.9 Å². The van der Waals surface area contributed by atoms with Crippen LogP contribution in [0.3, 0.4) is 0 Å². The Morgan fingerprint density at radius 3 is 2.61 bits per heavy atom. The van der Waals surface area contributed by atoms with E-state index in [9.17, 15) is 13.2 Å². The summed E-state index contributed by atoms with van der Waals surface area (Å²) in [4.78, 5) is 13.1. The fourth-order valence-corrected chi connectivity index (χ4v) is 4.07. The molecule has 0 unspecified atom stereocenters. The molecule has 0 atom stereocenters. The number of pyridine rings is 1. The van der Waals surface area contributed by atoms with Crippen molar-refractivity contribution >= 4 is 22.5 Å². The van der Waals surface area contributed by atoms with Crippen LogP contribution < -0.4 is 10.5 Å². The van der Waals surface area contributed by atoms with Gasteiger partial charge in [0.15, 0.2) is 11.5 Å². The Balaban J connectivity index is 1.37. The maximum absolute atomic E-state index is 12.5. The maximum Gasteiger partial charge on any atom is 0.394 e. The molecule has 1 fully saturated rings. The summed E-state index contributed by atoms with van der Waals surface area (Å²) < 4.78 is 44.4. The molecule has 4 aromatic rings. The summed E-state index contributed by atoms with van der Waals surface area (Å²) in [5.41, 5.74) is 8.31. The molecule has 10 heteroatoms. The van der Waals surface area contributed by atoms with E-state index in [2.05, 4.69) is 15.1 Å². The number of nitrogens with two attached hydrogens (primary N) is 1. The summed E-state index contributed by atoms with van der Waals surface area (Å²) in [6.07, 6.45) is -2.13. The topological polar surface area (TPSA) is 91.2 Å². The molecule has 3 heterocycles. The van der Waals surface area contributed by atoms with E-state index in [1.54, 1.807) is 19.4 Å². The molecule has 31 heavy (non-hydrogen) atoms. The Labute approximate surface area is 175 Å². The van der Waals surface area contributed by atoms with Crippen molar-refractivity contribution in [3.8, 4) is 5.75 Å². The minimum Gasteiger partial charge on any atom is -0.494 e. The average Bonchev–Trinajstić information content (AvgIpc) is 3.12. The van der Waals surface area contributed by atoms with E-state index in [0.29, 0.717) is 22.7 Å². The molecule has 2 N–H and O–H groups in total. The number of benzene rings is 1. The number of nitrogens with zero attached hydrogens (tertiary/aromatic N) is 5. The number of halogens is 3. The third-order valence-electron chi connectivity index (χ3n) is 5.73. The molecule has 0 amide bonds. The first-order chi connectivity index (χ1) is 14.8. The fourth-order valence-electron chi connectivity index (χ4n) is 4.07. The Hall–Kier alpha value is -3.43. The van der Waals surface area contributed by atoms with E-state index in [4.69, 9.17) is 15.5 Å². The molecule has 0 radical (unpaired) electrons. The zero-order valence-electron chi connectivity index (χ0n) is 16.6. The molecule has 0 aliphatic heterocycles. The Morgan fingerprint density at radius 1 is 1.13 bits per heavy atom. The van der Waals surface area contributed by atoms with Crippen molar-refractivity contribution in [3.05, 3.63) is 53.6 Å². The number of alkyl halides is 3. The molecule has 3 aromatic heterocycles. The van der Waals surface area contributed by atoms with Gasteiger partial charge in [0, 0.05) is 23.2 Å². The van der Waals surface area contributed by atoms with Crippen molar-refractivity contribution in [1.82, 2.24) is 24.6 Å². The van der Waals surface area contributed by atoms with Crippen LogP contribution in [0.4, 0.5) is 19.1 Å². The molecular formula is C21H19F3N6O. The van der Waals surface area contributed by atoms with Gasteiger partial charge in [-0.2, -0.15) is 17.7 Å². The van der Waals surface area contributed by atoms with E-state index in [0.717, 1.165) is 23.8 Å². The highest BCUT2D eigenvalue weighted by molar-refractivity contribution is 5.95. The van der Waals surface area contributed by atoms with Gasteiger partial charge in [-0.25, -0.2) is 9.97 Å². The number of nitrogen functional groups attached to an aromatic ring is 1. The standard InChI is InChI=1S/C21H19F3N6O/c1-31-16-4-2-3-15-17(16)27-20(25)30-19(15)28-18(29-30)13-7-12(8-13)11-5-6-14(26-10-11)9-21(22,23)24/h2-6,10,12-13H,7-9H2,1H3,(H2,25,27). The fraction of sp³-hybridized carbons (Fsp3) is 0.333. The second-order valence-electron chi connectivity index (χ2n) is 7.77. The minimum absolute atomic E-state index is 0.0272. The highest BCUT2D eigenvalue weighted by atomic mass is 19.4. The van der Waals surface area contributed by atoms with Crippen molar-refractivity contribution < 1.29 is 17.9 Å². The lowest BCUT2D eigenvalue weighted by molar-refractivity contribution is -0.127. The van der Waals surface area contributed by atoms with Crippen molar-refractivity contribution in [2.45, 2.75) is 37.3 Å². The van der Waals surface area contributed by atoms with E-state index in [1.165, 1.54) is 10.6 Å². The van der Waals surface area contributed by atoms with Crippen LogP contribution in [0.2, 0.25) is 0 Å². The zero-order valence-corrected chi connectivity index (χ0v) is 16.6. The molecule has 1 aliphatic carbocycles. The summed E-state index contributed by atoms with van der Waals surface area (Å²) in [5, 5.41) is 5.36. The van der Waals surface area contributed by atoms with Crippen LogP contribution in [0.25, 0.3) is 16.6 Å². The van der Waals surface area contributed by atoms with Gasteiger partial charge in [-0.3, -0.25) is 4.98 Å². The van der Waals surface area contributed by atoms with Crippen LogP contribution in [0.1, 0.15) is 41.8 Å². The Morgan fingerprint density at radius 2 is 1.94 bits per heavy atom. The number of ether oxygens (including phenoxy) is 1. The summed E-state index contributed by atoms with van der Waals surface area (Å²) in [6, 6.07) is 8.75. The van der Waals surface area contributed by atoms with Crippen LogP contribution in [0.15, 0.2) is 36.5 Å². The summed E-state index contributed by atoms with van der Waals surface area (Å²) in [6.45, 7) is 0. The minimum atomic E-state index is -4.25. The van der Waals surface area contributed by atoms with Crippen molar-refractivity contribution in [3.63, 3.8) is 0 Å². The van der Waals surface area contributed by atoms with Crippen molar-refractivity contribution in [2.24, 2.45) is 0 Å². The van der Waals surface area contributed by atoms with Crippen molar-refractivity contribution in [2.75, 3.05) is 12.8 Å². The molecule has 5 rings (SSSR count). The van der Waals surface area contributed by atoms with Gasteiger partial charge in [0.2, 0.25) is 5.95 Å². The van der Waals surface area contributed by atoms with E-state index in [-0.39, 0.29) is 23.5 Å². The van der Waals surface area contributed by atoms with Gasteiger partial charge in [-0.1, -0.05) is 12.1 Å². The molecule has 160 valence electrons. The monoisotopic (exact) mass is 428 g/mol. The second kappa shape index (κ2) is 7.07. The number of aromatic nitrogens is 5. The summed E-state index contributed by atoms with van der Waals surface area (Å²) in [7, 11) is 1.57. The van der Waals surface area contributed by atoms with Gasteiger partial charge < -0.3 is 10.5 Å². The molecule has 0 saturated heterocycles. The van der Waals surface area contributed by atoms with Crippen LogP contribution in [-0.2, 0) is 6.42 Å². The predicted octanol–water partition coefficient (Wildman–Crippen LogP) is 4.03. The van der Waals surface area contributed by atoms with Gasteiger partial charge in [0.1, 0.15) is 11.3 Å². The van der Waals surface area contributed by atoms with Crippen LogP contribution in [0, 0.1) is 0 Å². The molecule has 7 nitrogen and oxygen atoms in total. The van der Waals surface area contributed by atoms with Gasteiger partial charge >= 0.3 is 6.18 Å². The van der Waals surface area contributed by atoms with Gasteiger partial charge in [-0.05, 0) is 42.5 Å². The van der Waals surface area contributed by atoms with Gasteiger partial charge in [0.05, 0.1) is 13.5 Å². The van der Waals surface area contributed by atoms with Crippen LogP contribution in [0.5, 0.6) is 5.75 Å². The normalized spacial score (nSPS) is 19.0. The molecular weight excluding hydrogens is 409 g/mol. The number of methoxy groups -OCH3 is 1. The zero-order chi connectivity index (χ0) is 21.8. The number of hydrogen-bond donors (Lipinski definition) is 1. The number of anilines is 1. The summed E-state index contributed by atoms with van der Waals surface area (Å²) >= 11 is 0. The molecule has 1 saturated carbocycles. The number of para-hydroxylation sites is 1. The highest BCUT2D eigenvalue weighted by Crippen LogP contribution is 2.46. The van der Waals surface area contributed by atoms with Gasteiger partial charge in [0.25, 0.3) is 0 Å². The Kier molecular flexibility index (Phi) is 4.45. The first kappa shape index (κ1) is 19.5. The SMILES string of the molecule is COc1cccc2c1nc(N)n1nc(C3CC(c4ccc(CC(F)(F)F)nc4)C3)nc21. The Bertz CT molecular complexity index is 1260. The third kappa shape index (κ3) is 3.51. The molecule has 1 aromatic carbocycles. The maximum atomic E-state index is 12.5. The molecule has 0 spiro atoms. The first-order valence-electron chi connectivity index (χ1n) is 9.83. The lowest BCUT2D eigenvalue weighted by atomic mass is 9.71. The molecule has 1 aliphatic rings. The third-order valence-corrected chi connectivity index (χ3v) is 5.73. The first-order valence-corrected chi connectivity index (χ1v) is 9.83. The smallest absolute Gasteiger partial charge is 0.394 e. The lowest BCUT2D eigenvalue weighted by Crippen LogP contribution is -2.21. The van der Waals surface area contributed by atoms with Crippen LogP contribution >= 0.6 is 0 Å². The molecule has 0 bridgehead atoms. The highest BCUT2D eigenvalue weighted by Gasteiger charge is 2.35. The predicted molar refractivity (Wildman–Crippen MR) is 108 cm³/mol. The van der Waals surface area contributed by atoms with Gasteiger partial charge in [-0.15, -0.1) is 5.10 Å². The number of fused-ring (bicyclic) bond motifs is 3.